The third-order valence-electron chi connectivity index (χ3n) is 2.82. The molecule has 0 heterocycles. The van der Waals surface area contributed by atoms with E-state index in [4.69, 9.17) is 14.6 Å². The highest BCUT2D eigenvalue weighted by Gasteiger charge is 2.32. The summed E-state index contributed by atoms with van der Waals surface area (Å²) in [6, 6.07) is 1.60. The lowest BCUT2D eigenvalue weighted by molar-refractivity contribution is -0.00634. The standard InChI is InChI=1S/C10H8N2O7S2/c11-12-8-3-6(20(14,15)16)1-5-2-7(21(17,18)19)4-9(13)10(5)8/h1-2,4,13H,3H2,(H,14,15,16)(H,17,18,19). The number of fused-ring (bicyclic) bond motifs is 1. The number of phenols is 1. The first-order valence-electron chi connectivity index (χ1n) is 5.28. The van der Waals surface area contributed by atoms with E-state index >= 15 is 0 Å². The van der Waals surface area contributed by atoms with Gasteiger partial charge in [0.1, 0.15) is 11.3 Å². The Labute approximate surface area is 119 Å². The van der Waals surface area contributed by atoms with E-state index < -0.39 is 42.2 Å². The molecule has 0 bridgehead atoms. The molecule has 0 aliphatic heterocycles. The number of benzene rings is 1. The molecule has 112 valence electrons. The van der Waals surface area contributed by atoms with Crippen molar-refractivity contribution < 1.29 is 35.8 Å². The van der Waals surface area contributed by atoms with Crippen molar-refractivity contribution in [3.63, 3.8) is 0 Å². The van der Waals surface area contributed by atoms with Crippen LogP contribution < -0.4 is 0 Å². The van der Waals surface area contributed by atoms with Gasteiger partial charge in [-0.15, -0.1) is 0 Å². The number of hydrogen-bond donors (Lipinski definition) is 3. The summed E-state index contributed by atoms with van der Waals surface area (Å²) < 4.78 is 62.4. The average molecular weight is 332 g/mol. The molecule has 0 fully saturated rings. The van der Waals surface area contributed by atoms with Crippen LogP contribution in [0.1, 0.15) is 17.5 Å². The highest BCUT2D eigenvalue weighted by molar-refractivity contribution is 7.90. The number of allylic oxidation sites excluding steroid dienone is 1. The number of aromatic hydroxyl groups is 1. The van der Waals surface area contributed by atoms with Gasteiger partial charge in [0, 0.05) is 6.07 Å². The van der Waals surface area contributed by atoms with Crippen LogP contribution in [0.25, 0.3) is 11.6 Å². The fraction of sp³-hybridized carbons (Fsp3) is 0.100. The molecule has 1 aromatic carbocycles. The zero-order valence-electron chi connectivity index (χ0n) is 10.1. The molecule has 21 heavy (non-hydrogen) atoms. The van der Waals surface area contributed by atoms with Gasteiger partial charge in [0.05, 0.1) is 16.2 Å². The van der Waals surface area contributed by atoms with Crippen molar-refractivity contribution in [3.05, 3.63) is 33.7 Å². The maximum atomic E-state index is 11.1. The third-order valence-corrected chi connectivity index (χ3v) is 4.57. The molecule has 1 aliphatic carbocycles. The topological polar surface area (TPSA) is 165 Å². The summed E-state index contributed by atoms with van der Waals surface area (Å²) in [7, 11) is -9.24. The second-order valence-corrected chi connectivity index (χ2v) is 7.09. The summed E-state index contributed by atoms with van der Waals surface area (Å²) in [5.74, 6) is -0.626. The van der Waals surface area contributed by atoms with Crippen LogP contribution in [-0.4, -0.2) is 41.5 Å². The highest BCUT2D eigenvalue weighted by Crippen LogP contribution is 2.34. The van der Waals surface area contributed by atoms with Crippen LogP contribution in [0.4, 0.5) is 0 Å². The fourth-order valence-corrected chi connectivity index (χ4v) is 3.06. The Morgan fingerprint density at radius 2 is 1.71 bits per heavy atom. The first kappa shape index (κ1) is 15.4. The van der Waals surface area contributed by atoms with Gasteiger partial charge in [0.25, 0.3) is 20.2 Å². The van der Waals surface area contributed by atoms with Gasteiger partial charge >= 0.3 is 5.71 Å². The minimum atomic E-state index is -4.64. The maximum Gasteiger partial charge on any atom is 0.308 e. The van der Waals surface area contributed by atoms with Crippen LogP contribution in [0.15, 0.2) is 21.9 Å². The highest BCUT2D eigenvalue weighted by atomic mass is 32.2. The molecule has 0 saturated carbocycles. The van der Waals surface area contributed by atoms with E-state index in [1.807, 2.05) is 0 Å². The monoisotopic (exact) mass is 332 g/mol. The van der Waals surface area contributed by atoms with Crippen LogP contribution in [0.5, 0.6) is 5.75 Å². The van der Waals surface area contributed by atoms with Gasteiger partial charge in [-0.1, -0.05) is 0 Å². The Kier molecular flexibility index (Phi) is 3.48. The molecule has 9 nitrogen and oxygen atoms in total. The SMILES string of the molecule is [N-]=[N+]=C1CC(S(=O)(=O)O)=Cc2cc(S(=O)(=O)O)cc(O)c21. The summed E-state index contributed by atoms with van der Waals surface area (Å²) in [5.41, 5.74) is 8.36. The van der Waals surface area contributed by atoms with Gasteiger partial charge in [0.15, 0.2) is 0 Å². The zero-order valence-corrected chi connectivity index (χ0v) is 11.8. The minimum absolute atomic E-state index is 0.0997. The molecule has 1 aromatic rings. The van der Waals surface area contributed by atoms with Crippen molar-refractivity contribution >= 4 is 32.0 Å². The Bertz CT molecular complexity index is 922. The van der Waals surface area contributed by atoms with Gasteiger partial charge in [-0.25, -0.2) is 0 Å². The molecule has 0 amide bonds. The molecular formula is C10H8N2O7S2. The van der Waals surface area contributed by atoms with Gasteiger partial charge in [-0.3, -0.25) is 9.11 Å². The number of rotatable bonds is 2. The second-order valence-electron chi connectivity index (χ2n) is 4.19. The summed E-state index contributed by atoms with van der Waals surface area (Å²) in [6.45, 7) is 0. The van der Waals surface area contributed by atoms with Gasteiger partial charge in [-0.05, 0) is 17.7 Å². The van der Waals surface area contributed by atoms with Crippen molar-refractivity contribution in [1.29, 1.82) is 0 Å². The van der Waals surface area contributed by atoms with Gasteiger partial charge in [0.2, 0.25) is 0 Å². The molecule has 0 saturated heterocycles. The Morgan fingerprint density at radius 3 is 2.19 bits per heavy atom. The largest absolute Gasteiger partial charge is 0.507 e. The summed E-state index contributed by atoms with van der Waals surface area (Å²) in [4.78, 5) is 1.61. The third kappa shape index (κ3) is 2.86. The predicted molar refractivity (Wildman–Crippen MR) is 69.8 cm³/mol. The van der Waals surface area contributed by atoms with E-state index in [0.717, 1.165) is 18.2 Å². The summed E-state index contributed by atoms with van der Waals surface area (Å²) in [6.07, 6.45) is 0.425. The first-order valence-corrected chi connectivity index (χ1v) is 8.16. The Morgan fingerprint density at radius 1 is 1.10 bits per heavy atom. The van der Waals surface area contributed by atoms with E-state index in [9.17, 15) is 21.9 Å². The zero-order chi connectivity index (χ0) is 16.0. The fourth-order valence-electron chi connectivity index (χ4n) is 1.93. The first-order chi connectivity index (χ1) is 9.54. The smallest absolute Gasteiger partial charge is 0.308 e. The molecule has 0 atom stereocenters. The second kappa shape index (κ2) is 4.76. The Balaban J connectivity index is 2.86. The molecule has 0 unspecified atom stereocenters. The molecule has 3 N–H and O–H groups in total. The quantitative estimate of drug-likeness (QED) is 0.397. The van der Waals surface area contributed by atoms with Gasteiger partial charge < -0.3 is 10.6 Å². The lowest BCUT2D eigenvalue weighted by atomic mass is 9.94. The van der Waals surface area contributed by atoms with E-state index in [0.29, 0.717) is 0 Å². The molecular weight excluding hydrogens is 324 g/mol. The molecule has 0 spiro atoms. The van der Waals surface area contributed by atoms with E-state index in [1.165, 1.54) is 0 Å². The number of hydrogen-bond acceptors (Lipinski definition) is 5. The lowest BCUT2D eigenvalue weighted by Crippen LogP contribution is -2.16. The Hall–Kier alpha value is -2.04. The molecule has 11 heteroatoms. The summed E-state index contributed by atoms with van der Waals surface area (Å²) in [5, 5.41) is 9.78. The van der Waals surface area contributed by atoms with Crippen molar-refractivity contribution in [1.82, 2.24) is 0 Å². The van der Waals surface area contributed by atoms with Gasteiger partial charge in [-0.2, -0.15) is 21.6 Å². The van der Waals surface area contributed by atoms with Crippen molar-refractivity contribution in [2.45, 2.75) is 11.3 Å². The maximum absolute atomic E-state index is 11.1. The lowest BCUT2D eigenvalue weighted by Gasteiger charge is -2.13. The molecule has 0 radical (unpaired) electrons. The molecule has 0 aromatic heterocycles. The van der Waals surface area contributed by atoms with Crippen LogP contribution >= 0.6 is 0 Å². The van der Waals surface area contributed by atoms with E-state index in [2.05, 4.69) is 4.79 Å². The van der Waals surface area contributed by atoms with Crippen molar-refractivity contribution in [2.24, 2.45) is 0 Å². The number of phenolic OH excluding ortho intramolecular Hbond substituents is 1. The average Bonchev–Trinajstić information content (AvgIpc) is 2.34. The molecule has 1 aliphatic rings. The predicted octanol–water partition coefficient (Wildman–Crippen LogP) is 0.290. The van der Waals surface area contributed by atoms with Crippen LogP contribution in [0, 0.1) is 0 Å². The van der Waals surface area contributed by atoms with Crippen LogP contribution in [-0.2, 0) is 20.2 Å². The number of nitrogens with zero attached hydrogens (tertiary/aromatic N) is 2. The van der Waals surface area contributed by atoms with Crippen molar-refractivity contribution in [3.8, 4) is 5.75 Å². The summed E-state index contributed by atoms with van der Waals surface area (Å²) >= 11 is 0. The van der Waals surface area contributed by atoms with Crippen molar-refractivity contribution in [2.75, 3.05) is 0 Å². The van der Waals surface area contributed by atoms with Crippen LogP contribution in [0.3, 0.4) is 0 Å². The van der Waals surface area contributed by atoms with Crippen LogP contribution in [0.2, 0.25) is 0 Å². The van der Waals surface area contributed by atoms with E-state index in [-0.39, 0.29) is 16.8 Å². The molecule has 2 rings (SSSR count). The minimum Gasteiger partial charge on any atom is -0.507 e. The normalized spacial score (nSPS) is 15.1. The van der Waals surface area contributed by atoms with E-state index in [1.54, 1.807) is 0 Å².